The summed E-state index contributed by atoms with van der Waals surface area (Å²) in [6.45, 7) is 0. The molecule has 1 aliphatic heterocycles. The topological polar surface area (TPSA) is 65.1 Å². The van der Waals surface area contributed by atoms with Gasteiger partial charge in [0.15, 0.2) is 5.78 Å². The van der Waals surface area contributed by atoms with Crippen molar-refractivity contribution in [3.63, 3.8) is 0 Å². The number of nitrogens with one attached hydrogen (secondary N) is 2. The Labute approximate surface area is 115 Å². The quantitative estimate of drug-likeness (QED) is 0.632. The zero-order chi connectivity index (χ0) is 13.7. The van der Waals surface area contributed by atoms with E-state index in [2.05, 4.69) is 10.3 Å². The van der Waals surface area contributed by atoms with Gasteiger partial charge in [0.25, 0.3) is 0 Å². The molecule has 4 nitrogen and oxygen atoms in total. The van der Waals surface area contributed by atoms with Gasteiger partial charge in [-0.05, 0) is 24.3 Å². The van der Waals surface area contributed by atoms with Crippen LogP contribution in [0.15, 0.2) is 48.5 Å². The first kappa shape index (κ1) is 11.1. The molecule has 0 saturated carbocycles. The van der Waals surface area contributed by atoms with Gasteiger partial charge < -0.3 is 15.4 Å². The third-order valence-electron chi connectivity index (χ3n) is 3.75. The van der Waals surface area contributed by atoms with Crippen molar-refractivity contribution in [2.24, 2.45) is 0 Å². The third-order valence-corrected chi connectivity index (χ3v) is 3.75. The summed E-state index contributed by atoms with van der Waals surface area (Å²) in [7, 11) is 0. The summed E-state index contributed by atoms with van der Waals surface area (Å²) >= 11 is 0. The predicted molar refractivity (Wildman–Crippen MR) is 77.1 cm³/mol. The lowest BCUT2D eigenvalue weighted by Gasteiger charge is -2.08. The average molecular weight is 264 g/mol. The molecule has 3 aromatic rings. The molecule has 0 aliphatic carbocycles. The van der Waals surface area contributed by atoms with E-state index in [1.54, 1.807) is 6.07 Å². The molecule has 0 spiro atoms. The SMILES string of the molecule is O=C1c2ccccc2NC1c1[nH]c2ccccc2c1O. The molecule has 2 aromatic carbocycles. The molecule has 2 heterocycles. The maximum Gasteiger partial charge on any atom is 0.193 e. The smallest absolute Gasteiger partial charge is 0.193 e. The first-order valence-electron chi connectivity index (χ1n) is 6.45. The van der Waals surface area contributed by atoms with Crippen LogP contribution in [0.25, 0.3) is 10.9 Å². The van der Waals surface area contributed by atoms with E-state index < -0.39 is 6.04 Å². The van der Waals surface area contributed by atoms with Gasteiger partial charge in [0.05, 0.1) is 5.69 Å². The molecule has 1 aliphatic rings. The van der Waals surface area contributed by atoms with Gasteiger partial charge in [0.2, 0.25) is 0 Å². The fourth-order valence-electron chi connectivity index (χ4n) is 2.76. The van der Waals surface area contributed by atoms with Gasteiger partial charge in [-0.25, -0.2) is 0 Å². The number of hydrogen-bond acceptors (Lipinski definition) is 3. The number of benzene rings is 2. The van der Waals surface area contributed by atoms with Gasteiger partial charge >= 0.3 is 0 Å². The molecule has 20 heavy (non-hydrogen) atoms. The Morgan fingerprint density at radius 2 is 1.75 bits per heavy atom. The maximum atomic E-state index is 12.4. The summed E-state index contributed by atoms with van der Waals surface area (Å²) in [5.41, 5.74) is 2.81. The number of Topliss-reactive ketones (excluding diaryl/α,β-unsaturated/α-hetero) is 1. The highest BCUT2D eigenvalue weighted by molar-refractivity contribution is 6.11. The lowest BCUT2D eigenvalue weighted by atomic mass is 10.1. The van der Waals surface area contributed by atoms with E-state index in [0.717, 1.165) is 16.6 Å². The van der Waals surface area contributed by atoms with Crippen molar-refractivity contribution in [1.29, 1.82) is 0 Å². The number of aromatic nitrogens is 1. The molecule has 0 bridgehead atoms. The minimum atomic E-state index is -0.556. The first-order valence-corrected chi connectivity index (χ1v) is 6.45. The van der Waals surface area contributed by atoms with Gasteiger partial charge in [-0.1, -0.05) is 24.3 Å². The average Bonchev–Trinajstić information content (AvgIpc) is 2.98. The van der Waals surface area contributed by atoms with Crippen LogP contribution in [-0.2, 0) is 0 Å². The lowest BCUT2D eigenvalue weighted by molar-refractivity contribution is 0.0977. The van der Waals surface area contributed by atoms with Crippen LogP contribution in [0.5, 0.6) is 5.75 Å². The summed E-state index contributed by atoms with van der Waals surface area (Å²) in [6, 6.07) is 14.3. The standard InChI is InChI=1S/C16H12N2O2/c19-15-9-5-1-3-7-11(9)17-13(15)14-16(20)10-6-2-4-8-12(10)18-14/h1-8,13,17-18,20H. The van der Waals surface area contributed by atoms with Crippen molar-refractivity contribution in [3.8, 4) is 5.75 Å². The summed E-state index contributed by atoms with van der Waals surface area (Å²) in [5, 5.41) is 14.2. The lowest BCUT2D eigenvalue weighted by Crippen LogP contribution is -2.13. The number of fused-ring (bicyclic) bond motifs is 2. The molecule has 3 N–H and O–H groups in total. The monoisotopic (exact) mass is 264 g/mol. The van der Waals surface area contributed by atoms with Gasteiger partial charge in [0, 0.05) is 22.2 Å². The van der Waals surface area contributed by atoms with Crippen LogP contribution in [0, 0.1) is 0 Å². The van der Waals surface area contributed by atoms with E-state index in [9.17, 15) is 9.90 Å². The zero-order valence-electron chi connectivity index (χ0n) is 10.6. The van der Waals surface area contributed by atoms with Crippen LogP contribution >= 0.6 is 0 Å². The normalized spacial score (nSPS) is 17.2. The van der Waals surface area contributed by atoms with Gasteiger partial charge in [0.1, 0.15) is 11.8 Å². The number of ketones is 1. The second-order valence-electron chi connectivity index (χ2n) is 4.92. The molecule has 0 saturated heterocycles. The minimum absolute atomic E-state index is 0.0255. The highest BCUT2D eigenvalue weighted by atomic mass is 16.3. The van der Waals surface area contributed by atoms with E-state index >= 15 is 0 Å². The summed E-state index contributed by atoms with van der Waals surface area (Å²) in [5.74, 6) is 0.113. The highest BCUT2D eigenvalue weighted by Crippen LogP contribution is 2.39. The second-order valence-corrected chi connectivity index (χ2v) is 4.92. The number of carbonyl (C=O) groups is 1. The minimum Gasteiger partial charge on any atom is -0.505 e. The first-order chi connectivity index (χ1) is 9.75. The Bertz CT molecular complexity index is 835. The fourth-order valence-corrected chi connectivity index (χ4v) is 2.76. The Kier molecular flexibility index (Phi) is 2.15. The van der Waals surface area contributed by atoms with Gasteiger partial charge in [-0.15, -0.1) is 0 Å². The molecule has 1 aromatic heterocycles. The molecule has 4 heteroatoms. The Balaban J connectivity index is 1.86. The Morgan fingerprint density at radius 3 is 2.55 bits per heavy atom. The van der Waals surface area contributed by atoms with Crippen LogP contribution in [0.3, 0.4) is 0 Å². The molecule has 0 fully saturated rings. The van der Waals surface area contributed by atoms with Crippen LogP contribution in [0.2, 0.25) is 0 Å². The van der Waals surface area contributed by atoms with Crippen molar-refractivity contribution in [3.05, 3.63) is 59.8 Å². The largest absolute Gasteiger partial charge is 0.505 e. The highest BCUT2D eigenvalue weighted by Gasteiger charge is 2.34. The predicted octanol–water partition coefficient (Wildman–Crippen LogP) is 3.22. The molecular weight excluding hydrogens is 252 g/mol. The van der Waals surface area contributed by atoms with Gasteiger partial charge in [-0.2, -0.15) is 0 Å². The van der Waals surface area contributed by atoms with Crippen LogP contribution in [0.1, 0.15) is 22.1 Å². The van der Waals surface area contributed by atoms with Gasteiger partial charge in [-0.3, -0.25) is 4.79 Å². The summed E-state index contributed by atoms with van der Waals surface area (Å²) in [6.07, 6.45) is 0. The van der Waals surface area contributed by atoms with Crippen molar-refractivity contribution < 1.29 is 9.90 Å². The molecule has 98 valence electrons. The number of para-hydroxylation sites is 2. The van der Waals surface area contributed by atoms with Crippen LogP contribution < -0.4 is 5.32 Å². The Hall–Kier alpha value is -2.75. The summed E-state index contributed by atoms with van der Waals surface area (Å²) in [4.78, 5) is 15.6. The number of anilines is 1. The van der Waals surface area contributed by atoms with E-state index in [4.69, 9.17) is 0 Å². The number of aromatic hydroxyl groups is 1. The van der Waals surface area contributed by atoms with E-state index in [1.165, 1.54) is 0 Å². The maximum absolute atomic E-state index is 12.4. The van der Waals surface area contributed by atoms with Crippen molar-refractivity contribution in [1.82, 2.24) is 4.98 Å². The van der Waals surface area contributed by atoms with Crippen molar-refractivity contribution >= 4 is 22.4 Å². The molecule has 1 atom stereocenters. The van der Waals surface area contributed by atoms with E-state index in [1.807, 2.05) is 42.5 Å². The molecule has 0 amide bonds. The summed E-state index contributed by atoms with van der Waals surface area (Å²) < 4.78 is 0. The number of H-pyrrole nitrogens is 1. The van der Waals surface area contributed by atoms with Crippen LogP contribution in [0.4, 0.5) is 5.69 Å². The van der Waals surface area contributed by atoms with Crippen LogP contribution in [-0.4, -0.2) is 15.9 Å². The number of aromatic amines is 1. The number of hydrogen-bond donors (Lipinski definition) is 3. The van der Waals surface area contributed by atoms with E-state index in [-0.39, 0.29) is 11.5 Å². The second kappa shape index (κ2) is 3.87. The zero-order valence-corrected chi connectivity index (χ0v) is 10.6. The van der Waals surface area contributed by atoms with Crippen molar-refractivity contribution in [2.75, 3.05) is 5.32 Å². The fraction of sp³-hybridized carbons (Fsp3) is 0.0625. The molecular formula is C16H12N2O2. The third kappa shape index (κ3) is 1.39. The molecule has 4 rings (SSSR count). The molecule has 1 unspecified atom stereocenters. The van der Waals surface area contributed by atoms with Crippen molar-refractivity contribution in [2.45, 2.75) is 6.04 Å². The number of carbonyl (C=O) groups excluding carboxylic acids is 1. The number of rotatable bonds is 1. The van der Waals surface area contributed by atoms with E-state index in [0.29, 0.717) is 11.3 Å². The Morgan fingerprint density at radius 1 is 1.00 bits per heavy atom. The molecule has 0 radical (unpaired) electrons.